The number of rotatable bonds is 1. The Kier molecular flexibility index (Phi) is 2.65. The van der Waals surface area contributed by atoms with Crippen molar-refractivity contribution in [3.8, 4) is 11.1 Å². The molecule has 0 amide bonds. The van der Waals surface area contributed by atoms with Crippen molar-refractivity contribution in [2.24, 2.45) is 0 Å². The van der Waals surface area contributed by atoms with E-state index in [2.05, 4.69) is 41.5 Å². The lowest BCUT2D eigenvalue weighted by Crippen LogP contribution is -2.25. The average Bonchev–Trinajstić information content (AvgIpc) is 2.41. The minimum Gasteiger partial charge on any atom is -0.312 e. The SMILES string of the molecule is Cc1ccc(-c2ccncc2)c2c1CCNC2. The fourth-order valence-electron chi connectivity index (χ4n) is 2.59. The summed E-state index contributed by atoms with van der Waals surface area (Å²) in [6, 6.07) is 8.63. The predicted octanol–water partition coefficient (Wildman–Crippen LogP) is 2.70. The largest absolute Gasteiger partial charge is 0.312 e. The Morgan fingerprint density at radius 2 is 1.88 bits per heavy atom. The van der Waals surface area contributed by atoms with Gasteiger partial charge in [0.1, 0.15) is 0 Å². The van der Waals surface area contributed by atoms with Crippen LogP contribution < -0.4 is 5.32 Å². The highest BCUT2D eigenvalue weighted by atomic mass is 14.9. The zero-order chi connectivity index (χ0) is 11.7. The maximum atomic E-state index is 4.08. The van der Waals surface area contributed by atoms with Gasteiger partial charge >= 0.3 is 0 Å². The van der Waals surface area contributed by atoms with E-state index >= 15 is 0 Å². The Morgan fingerprint density at radius 3 is 2.71 bits per heavy atom. The number of hydrogen-bond acceptors (Lipinski definition) is 2. The van der Waals surface area contributed by atoms with Gasteiger partial charge in [0, 0.05) is 18.9 Å². The molecule has 2 nitrogen and oxygen atoms in total. The van der Waals surface area contributed by atoms with Crippen molar-refractivity contribution in [3.05, 3.63) is 53.3 Å². The Bertz CT molecular complexity index is 532. The van der Waals surface area contributed by atoms with Gasteiger partial charge in [0.25, 0.3) is 0 Å². The molecule has 3 rings (SSSR count). The molecule has 0 aliphatic carbocycles. The van der Waals surface area contributed by atoms with Crippen molar-refractivity contribution in [2.45, 2.75) is 19.9 Å². The summed E-state index contributed by atoms with van der Waals surface area (Å²) in [5, 5.41) is 3.46. The van der Waals surface area contributed by atoms with Gasteiger partial charge in [-0.15, -0.1) is 0 Å². The highest BCUT2D eigenvalue weighted by Crippen LogP contribution is 2.29. The van der Waals surface area contributed by atoms with E-state index in [1.54, 1.807) is 0 Å². The first-order valence-electron chi connectivity index (χ1n) is 6.09. The molecule has 1 aromatic carbocycles. The average molecular weight is 224 g/mol. The molecular weight excluding hydrogens is 208 g/mol. The summed E-state index contributed by atoms with van der Waals surface area (Å²) in [7, 11) is 0. The first-order valence-corrected chi connectivity index (χ1v) is 6.09. The normalized spacial score (nSPS) is 14.4. The van der Waals surface area contributed by atoms with Crippen LogP contribution in [-0.2, 0) is 13.0 Å². The Balaban J connectivity index is 2.18. The van der Waals surface area contributed by atoms with Gasteiger partial charge in [-0.3, -0.25) is 4.98 Å². The Labute approximate surface area is 102 Å². The number of fused-ring (bicyclic) bond motifs is 1. The zero-order valence-electron chi connectivity index (χ0n) is 10.0. The monoisotopic (exact) mass is 224 g/mol. The highest BCUT2D eigenvalue weighted by molar-refractivity contribution is 5.69. The predicted molar refractivity (Wildman–Crippen MR) is 69.8 cm³/mol. The van der Waals surface area contributed by atoms with Crippen molar-refractivity contribution in [2.75, 3.05) is 6.54 Å². The van der Waals surface area contributed by atoms with Gasteiger partial charge in [0.15, 0.2) is 0 Å². The standard InChI is InChI=1S/C15H16N2/c1-11-2-3-14(12-4-7-16-8-5-12)15-10-17-9-6-13(11)15/h2-5,7-8,17H,6,9-10H2,1H3. The Hall–Kier alpha value is -1.67. The van der Waals surface area contributed by atoms with Gasteiger partial charge in [0.05, 0.1) is 0 Å². The van der Waals surface area contributed by atoms with Crippen molar-refractivity contribution in [1.29, 1.82) is 0 Å². The van der Waals surface area contributed by atoms with Crippen LogP contribution in [0.15, 0.2) is 36.7 Å². The summed E-state index contributed by atoms with van der Waals surface area (Å²) >= 11 is 0. The third-order valence-corrected chi connectivity index (χ3v) is 3.51. The lowest BCUT2D eigenvalue weighted by Gasteiger charge is -2.22. The van der Waals surface area contributed by atoms with E-state index in [4.69, 9.17) is 0 Å². The van der Waals surface area contributed by atoms with Gasteiger partial charge in [-0.05, 0) is 59.8 Å². The first kappa shape index (κ1) is 10.5. The highest BCUT2D eigenvalue weighted by Gasteiger charge is 2.15. The van der Waals surface area contributed by atoms with Gasteiger partial charge in [-0.25, -0.2) is 0 Å². The number of nitrogens with one attached hydrogen (secondary N) is 1. The molecule has 0 spiro atoms. The van der Waals surface area contributed by atoms with E-state index in [1.165, 1.54) is 27.8 Å². The number of nitrogens with zero attached hydrogens (tertiary/aromatic N) is 1. The van der Waals surface area contributed by atoms with Crippen molar-refractivity contribution in [1.82, 2.24) is 10.3 Å². The van der Waals surface area contributed by atoms with Crippen LogP contribution in [0.25, 0.3) is 11.1 Å². The molecule has 0 saturated heterocycles. The molecule has 2 heteroatoms. The van der Waals surface area contributed by atoms with E-state index in [0.717, 1.165) is 19.5 Å². The zero-order valence-corrected chi connectivity index (χ0v) is 10.0. The summed E-state index contributed by atoms with van der Waals surface area (Å²) < 4.78 is 0. The molecule has 0 saturated carbocycles. The Morgan fingerprint density at radius 1 is 1.06 bits per heavy atom. The van der Waals surface area contributed by atoms with Gasteiger partial charge < -0.3 is 5.32 Å². The molecule has 17 heavy (non-hydrogen) atoms. The van der Waals surface area contributed by atoms with Crippen LogP contribution >= 0.6 is 0 Å². The summed E-state index contributed by atoms with van der Waals surface area (Å²) in [6.07, 6.45) is 4.86. The topological polar surface area (TPSA) is 24.9 Å². The van der Waals surface area contributed by atoms with Crippen LogP contribution in [0.3, 0.4) is 0 Å². The van der Waals surface area contributed by atoms with Crippen molar-refractivity contribution in [3.63, 3.8) is 0 Å². The molecule has 0 unspecified atom stereocenters. The van der Waals surface area contributed by atoms with Crippen LogP contribution in [0.2, 0.25) is 0 Å². The summed E-state index contributed by atoms with van der Waals surface area (Å²) in [5.41, 5.74) is 7.01. The fraction of sp³-hybridized carbons (Fsp3) is 0.267. The fourth-order valence-corrected chi connectivity index (χ4v) is 2.59. The molecule has 2 heterocycles. The van der Waals surface area contributed by atoms with Crippen LogP contribution in [-0.4, -0.2) is 11.5 Å². The molecule has 0 radical (unpaired) electrons. The molecule has 1 aliphatic heterocycles. The minimum atomic E-state index is 0.981. The van der Waals surface area contributed by atoms with Gasteiger partial charge in [-0.2, -0.15) is 0 Å². The summed E-state index contributed by atoms with van der Waals surface area (Å²) in [6.45, 7) is 4.28. The maximum Gasteiger partial charge on any atom is 0.0273 e. The molecule has 1 aliphatic rings. The number of pyridine rings is 1. The molecule has 0 bridgehead atoms. The molecule has 2 aromatic rings. The lowest BCUT2D eigenvalue weighted by molar-refractivity contribution is 0.642. The van der Waals surface area contributed by atoms with Gasteiger partial charge in [-0.1, -0.05) is 12.1 Å². The first-order chi connectivity index (χ1) is 8.36. The van der Waals surface area contributed by atoms with Crippen LogP contribution in [0.4, 0.5) is 0 Å². The van der Waals surface area contributed by atoms with E-state index in [0.29, 0.717) is 0 Å². The lowest BCUT2D eigenvalue weighted by atomic mass is 9.89. The van der Waals surface area contributed by atoms with Crippen molar-refractivity contribution >= 4 is 0 Å². The van der Waals surface area contributed by atoms with Crippen LogP contribution in [0, 0.1) is 6.92 Å². The molecular formula is C15H16N2. The van der Waals surface area contributed by atoms with Crippen molar-refractivity contribution < 1.29 is 0 Å². The minimum absolute atomic E-state index is 0.981. The van der Waals surface area contributed by atoms with E-state index in [-0.39, 0.29) is 0 Å². The third-order valence-electron chi connectivity index (χ3n) is 3.51. The summed E-state index contributed by atoms with van der Waals surface area (Å²) in [4.78, 5) is 4.08. The van der Waals surface area contributed by atoms with Crippen LogP contribution in [0.1, 0.15) is 16.7 Å². The number of benzene rings is 1. The molecule has 1 N–H and O–H groups in total. The number of hydrogen-bond donors (Lipinski definition) is 1. The van der Waals surface area contributed by atoms with E-state index < -0.39 is 0 Å². The second-order valence-electron chi connectivity index (χ2n) is 4.55. The summed E-state index contributed by atoms with van der Waals surface area (Å²) in [5.74, 6) is 0. The quantitative estimate of drug-likeness (QED) is 0.805. The maximum absolute atomic E-state index is 4.08. The molecule has 86 valence electrons. The molecule has 1 aromatic heterocycles. The second-order valence-corrected chi connectivity index (χ2v) is 4.55. The van der Waals surface area contributed by atoms with Gasteiger partial charge in [0.2, 0.25) is 0 Å². The second kappa shape index (κ2) is 4.30. The van der Waals surface area contributed by atoms with E-state index in [9.17, 15) is 0 Å². The number of aromatic nitrogens is 1. The number of aryl methyl sites for hydroxylation is 1. The molecule has 0 atom stereocenters. The van der Waals surface area contributed by atoms with Crippen LogP contribution in [0.5, 0.6) is 0 Å². The molecule has 0 fully saturated rings. The van der Waals surface area contributed by atoms with E-state index in [1.807, 2.05) is 12.4 Å². The third kappa shape index (κ3) is 1.85. The smallest absolute Gasteiger partial charge is 0.0273 e.